The van der Waals surface area contributed by atoms with E-state index in [4.69, 9.17) is 0 Å². The van der Waals surface area contributed by atoms with E-state index >= 15 is 0 Å². The first-order valence-corrected chi connectivity index (χ1v) is 8.20. The highest BCUT2D eigenvalue weighted by Gasteiger charge is 2.55. The topological polar surface area (TPSA) is 94.4 Å². The van der Waals surface area contributed by atoms with Gasteiger partial charge in [-0.05, 0) is 36.4 Å². The predicted molar refractivity (Wildman–Crippen MR) is 93.1 cm³/mol. The molecule has 0 aliphatic carbocycles. The summed E-state index contributed by atoms with van der Waals surface area (Å²) in [6.45, 7) is -0.226. The maximum Gasteiger partial charge on any atom is 0.263 e. The molecule has 4 rings (SSSR count). The van der Waals surface area contributed by atoms with Gasteiger partial charge in [-0.15, -0.1) is 0 Å². The minimum Gasteiger partial charge on any atom is -0.324 e. The van der Waals surface area contributed by atoms with Crippen LogP contribution in [0.2, 0.25) is 0 Å². The predicted octanol–water partition coefficient (Wildman–Crippen LogP) is 1.76. The molecule has 0 aromatic heterocycles. The number of nitrogens with zero attached hydrogens (tertiary/aromatic N) is 4. The summed E-state index contributed by atoms with van der Waals surface area (Å²) in [6, 6.07) is 11.9. The van der Waals surface area contributed by atoms with E-state index in [1.807, 2.05) is 6.07 Å². The highest BCUT2D eigenvalue weighted by Crippen LogP contribution is 2.31. The number of carbonyl (C=O) groups excluding carboxylic acids is 3. The lowest BCUT2D eigenvalue weighted by molar-refractivity contribution is -0.123. The minimum absolute atomic E-state index is 0.226. The fraction of sp³-hybridized carbons (Fsp3) is 0.167. The van der Waals surface area contributed by atoms with Crippen LogP contribution in [0.15, 0.2) is 64.9 Å². The van der Waals surface area contributed by atoms with E-state index in [0.717, 1.165) is 17.0 Å². The van der Waals surface area contributed by atoms with E-state index in [-0.39, 0.29) is 18.1 Å². The molecule has 2 aliphatic heterocycles. The van der Waals surface area contributed by atoms with Crippen molar-refractivity contribution in [1.82, 2.24) is 5.01 Å². The van der Waals surface area contributed by atoms with Gasteiger partial charge in [0.05, 0.1) is 5.69 Å². The van der Waals surface area contributed by atoms with E-state index in [9.17, 15) is 18.8 Å². The highest BCUT2D eigenvalue weighted by molar-refractivity contribution is 6.25. The van der Waals surface area contributed by atoms with Crippen molar-refractivity contribution in [2.45, 2.75) is 12.1 Å². The maximum atomic E-state index is 13.1. The van der Waals surface area contributed by atoms with Crippen LogP contribution in [0.3, 0.4) is 0 Å². The Kier molecular flexibility index (Phi) is 4.11. The second-order valence-electron chi connectivity index (χ2n) is 6.09. The van der Waals surface area contributed by atoms with Gasteiger partial charge in [0.15, 0.2) is 12.1 Å². The fourth-order valence-corrected chi connectivity index (χ4v) is 3.07. The van der Waals surface area contributed by atoms with Crippen LogP contribution in [-0.2, 0) is 14.4 Å². The van der Waals surface area contributed by atoms with Crippen LogP contribution >= 0.6 is 0 Å². The van der Waals surface area contributed by atoms with Gasteiger partial charge in [0.2, 0.25) is 5.91 Å². The van der Waals surface area contributed by atoms with Crippen molar-refractivity contribution in [3.05, 3.63) is 60.4 Å². The number of nitrogens with one attached hydrogen (secondary N) is 1. The number of hydrogen-bond donors (Lipinski definition) is 1. The van der Waals surface area contributed by atoms with Gasteiger partial charge in [-0.3, -0.25) is 19.4 Å². The van der Waals surface area contributed by atoms with E-state index in [1.54, 1.807) is 24.3 Å². The summed E-state index contributed by atoms with van der Waals surface area (Å²) in [4.78, 5) is 38.5. The Morgan fingerprint density at radius 1 is 1.04 bits per heavy atom. The standard InChI is InChI=1S/C18H14FN5O3/c19-11-6-8-13(9-7-11)24-17(26)15-16(18(24)27)23(22-21-15)10-14(25)20-12-4-2-1-3-5-12/h1-9,15-16H,10H2,(H,20,25)/t15-,16-/m1/s1. The van der Waals surface area contributed by atoms with Crippen molar-refractivity contribution in [1.29, 1.82) is 0 Å². The third-order valence-electron chi connectivity index (χ3n) is 4.31. The maximum absolute atomic E-state index is 13.1. The lowest BCUT2D eigenvalue weighted by atomic mass is 10.1. The number of halogens is 1. The monoisotopic (exact) mass is 367 g/mol. The molecule has 2 heterocycles. The molecular weight excluding hydrogens is 353 g/mol. The van der Waals surface area contributed by atoms with Crippen LogP contribution in [0, 0.1) is 5.82 Å². The van der Waals surface area contributed by atoms with E-state index in [1.165, 1.54) is 17.1 Å². The SMILES string of the molecule is O=C(CN1N=N[C@H]2C(=O)N(c3ccc(F)cc3)C(=O)[C@@H]21)Nc1ccccc1. The summed E-state index contributed by atoms with van der Waals surface area (Å²) in [5.41, 5.74) is 0.863. The molecule has 2 aromatic carbocycles. The van der Waals surface area contributed by atoms with Gasteiger partial charge in [-0.2, -0.15) is 5.11 Å². The number of amides is 3. The van der Waals surface area contributed by atoms with Gasteiger partial charge in [0.25, 0.3) is 11.8 Å². The Morgan fingerprint density at radius 2 is 1.74 bits per heavy atom. The molecule has 1 fully saturated rings. The molecule has 8 nitrogen and oxygen atoms in total. The summed E-state index contributed by atoms with van der Waals surface area (Å²) < 4.78 is 13.1. The Labute approximate surface area is 153 Å². The number of benzene rings is 2. The molecule has 2 atom stereocenters. The Bertz CT molecular complexity index is 932. The Balaban J connectivity index is 1.49. The number of carbonyl (C=O) groups is 3. The first-order valence-electron chi connectivity index (χ1n) is 8.20. The van der Waals surface area contributed by atoms with Crippen LogP contribution in [0.5, 0.6) is 0 Å². The van der Waals surface area contributed by atoms with Gasteiger partial charge >= 0.3 is 0 Å². The van der Waals surface area contributed by atoms with Gasteiger partial charge in [0, 0.05) is 5.69 Å². The number of imide groups is 1. The summed E-state index contributed by atoms with van der Waals surface area (Å²) in [7, 11) is 0. The Hall–Kier alpha value is -3.62. The smallest absolute Gasteiger partial charge is 0.263 e. The van der Waals surface area contributed by atoms with Gasteiger partial charge in [0.1, 0.15) is 12.4 Å². The molecule has 0 spiro atoms. The molecule has 2 aliphatic rings. The molecule has 0 unspecified atom stereocenters. The van der Waals surface area contributed by atoms with Crippen molar-refractivity contribution in [3.63, 3.8) is 0 Å². The van der Waals surface area contributed by atoms with E-state index in [0.29, 0.717) is 5.69 Å². The zero-order chi connectivity index (χ0) is 19.0. The van der Waals surface area contributed by atoms with Crippen molar-refractivity contribution >= 4 is 29.1 Å². The molecule has 2 aromatic rings. The van der Waals surface area contributed by atoms with Crippen molar-refractivity contribution in [2.75, 3.05) is 16.8 Å². The Morgan fingerprint density at radius 3 is 2.44 bits per heavy atom. The first kappa shape index (κ1) is 16.8. The third kappa shape index (κ3) is 3.03. The minimum atomic E-state index is -1.01. The van der Waals surface area contributed by atoms with Crippen LogP contribution in [-0.4, -0.2) is 41.4 Å². The van der Waals surface area contributed by atoms with E-state index < -0.39 is 29.7 Å². The zero-order valence-electron chi connectivity index (χ0n) is 13.9. The number of rotatable bonds is 4. The average molecular weight is 367 g/mol. The molecule has 27 heavy (non-hydrogen) atoms. The molecular formula is C18H14FN5O3. The number of hydrogen-bond acceptors (Lipinski definition) is 6. The number of fused-ring (bicyclic) bond motifs is 1. The first-order chi connectivity index (χ1) is 13.0. The van der Waals surface area contributed by atoms with Crippen LogP contribution in [0.25, 0.3) is 0 Å². The van der Waals surface area contributed by atoms with Crippen molar-refractivity contribution < 1.29 is 18.8 Å². The molecule has 0 radical (unpaired) electrons. The third-order valence-corrected chi connectivity index (χ3v) is 4.31. The normalized spacial score (nSPS) is 20.9. The molecule has 9 heteroatoms. The quantitative estimate of drug-likeness (QED) is 0.833. The molecule has 1 saturated heterocycles. The molecule has 136 valence electrons. The highest BCUT2D eigenvalue weighted by atomic mass is 19.1. The number of para-hydroxylation sites is 1. The van der Waals surface area contributed by atoms with E-state index in [2.05, 4.69) is 15.7 Å². The zero-order valence-corrected chi connectivity index (χ0v) is 13.9. The lowest BCUT2D eigenvalue weighted by Crippen LogP contribution is -2.43. The average Bonchev–Trinajstić information content (AvgIpc) is 3.17. The van der Waals surface area contributed by atoms with Crippen molar-refractivity contribution in [3.8, 4) is 0 Å². The molecule has 1 N–H and O–H groups in total. The van der Waals surface area contributed by atoms with Gasteiger partial charge in [-0.1, -0.05) is 23.4 Å². The molecule has 0 bridgehead atoms. The summed E-state index contributed by atoms with van der Waals surface area (Å²) >= 11 is 0. The second-order valence-corrected chi connectivity index (χ2v) is 6.09. The molecule has 3 amide bonds. The lowest BCUT2D eigenvalue weighted by Gasteiger charge is -2.20. The van der Waals surface area contributed by atoms with Crippen molar-refractivity contribution in [2.24, 2.45) is 10.3 Å². The van der Waals surface area contributed by atoms with Gasteiger partial charge in [-0.25, -0.2) is 9.29 Å². The second kappa shape index (κ2) is 6.60. The van der Waals surface area contributed by atoms with Crippen LogP contribution in [0.4, 0.5) is 15.8 Å². The van der Waals surface area contributed by atoms with Gasteiger partial charge < -0.3 is 5.32 Å². The summed E-state index contributed by atoms with van der Waals surface area (Å²) in [5, 5.41) is 11.6. The largest absolute Gasteiger partial charge is 0.324 e. The summed E-state index contributed by atoms with van der Waals surface area (Å²) in [5.74, 6) is -1.96. The summed E-state index contributed by atoms with van der Waals surface area (Å²) in [6.07, 6.45) is 0. The number of anilines is 2. The van der Waals surface area contributed by atoms with Crippen LogP contribution < -0.4 is 10.2 Å². The van der Waals surface area contributed by atoms with Crippen LogP contribution in [0.1, 0.15) is 0 Å². The molecule has 0 saturated carbocycles. The fourth-order valence-electron chi connectivity index (χ4n) is 3.07.